The van der Waals surface area contributed by atoms with Gasteiger partial charge in [-0.15, -0.1) is 0 Å². The Bertz CT molecular complexity index is 2970. The zero-order valence-corrected chi connectivity index (χ0v) is 32.2. The van der Waals surface area contributed by atoms with Gasteiger partial charge in [-0.05, 0) is 93.1 Å². The molecule has 1 heterocycles. The third kappa shape index (κ3) is 6.81. The second-order valence-corrected chi connectivity index (χ2v) is 17.3. The second-order valence-electron chi connectivity index (χ2n) is 13.1. The normalized spacial score (nSPS) is 12.9. The van der Waals surface area contributed by atoms with Gasteiger partial charge in [0.25, 0.3) is 30.4 Å². The minimum absolute atomic E-state index is 0.0644. The fraction of sp³-hybridized carbons (Fsp3) is 0.162. The lowest BCUT2D eigenvalue weighted by atomic mass is 9.93. The van der Waals surface area contributed by atoms with Crippen molar-refractivity contribution < 1.29 is 43.3 Å². The third-order valence-electron chi connectivity index (χ3n) is 9.41. The van der Waals surface area contributed by atoms with E-state index in [1.165, 1.54) is 30.3 Å². The van der Waals surface area contributed by atoms with Crippen LogP contribution in [0, 0.1) is 41.5 Å². The molecule has 54 heavy (non-hydrogen) atoms. The van der Waals surface area contributed by atoms with E-state index in [0.717, 1.165) is 29.3 Å². The van der Waals surface area contributed by atoms with Gasteiger partial charge in [-0.3, -0.25) is 13.7 Å². The van der Waals surface area contributed by atoms with Crippen LogP contribution in [-0.2, 0) is 30.4 Å². The molecule has 0 radical (unpaired) electrons. The summed E-state index contributed by atoms with van der Waals surface area (Å²) in [6.07, 6.45) is 0. The van der Waals surface area contributed by atoms with Gasteiger partial charge in [-0.25, -0.2) is 4.99 Å². The predicted octanol–water partition coefficient (Wildman–Crippen LogP) is 6.94. The number of nitrogens with two attached hydrogens (primary N) is 2. The maximum absolute atomic E-state index is 13.0. The number of fused-ring (bicyclic) bond motifs is 2. The number of rotatable bonds is 7. The van der Waals surface area contributed by atoms with E-state index in [0.29, 0.717) is 45.0 Å². The Kier molecular flexibility index (Phi) is 9.41. The first-order valence-electron chi connectivity index (χ1n) is 16.1. The molecule has 0 bridgehead atoms. The Labute approximate surface area is 311 Å². The van der Waals surface area contributed by atoms with Crippen molar-refractivity contribution in [2.45, 2.75) is 56.2 Å². The van der Waals surface area contributed by atoms with Crippen LogP contribution in [0.15, 0.2) is 84.8 Å². The summed E-state index contributed by atoms with van der Waals surface area (Å²) >= 11 is 0. The van der Waals surface area contributed by atoms with E-state index in [9.17, 15) is 38.9 Å². The molecule has 17 heteroatoms. The molecule has 6 rings (SSSR count). The highest BCUT2D eigenvalue weighted by atomic mass is 32.2. The maximum Gasteiger partial charge on any atom is 0.296 e. The van der Waals surface area contributed by atoms with Crippen molar-refractivity contribution in [3.63, 3.8) is 0 Å². The van der Waals surface area contributed by atoms with E-state index in [1.807, 2.05) is 13.8 Å². The van der Waals surface area contributed by atoms with Gasteiger partial charge < -0.3 is 21.2 Å². The van der Waals surface area contributed by atoms with Crippen molar-refractivity contribution in [2.75, 3.05) is 16.8 Å². The Morgan fingerprint density at radius 3 is 1.81 bits per heavy atom. The monoisotopic (exact) mass is 792 g/mol. The molecule has 0 atom stereocenters. The minimum Gasteiger partial charge on any atom is -0.456 e. The lowest BCUT2D eigenvalue weighted by Gasteiger charge is -2.21. The van der Waals surface area contributed by atoms with Crippen LogP contribution in [0.4, 0.5) is 28.4 Å². The molecule has 8 N–H and O–H groups in total. The lowest BCUT2D eigenvalue weighted by molar-refractivity contribution is 0.480. The quantitative estimate of drug-likeness (QED) is 0.0545. The molecule has 2 aliphatic rings. The van der Waals surface area contributed by atoms with Crippen molar-refractivity contribution in [1.29, 1.82) is 0 Å². The number of nitrogens with one attached hydrogen (secondary N) is 1. The van der Waals surface area contributed by atoms with Crippen LogP contribution < -0.4 is 22.1 Å². The fourth-order valence-corrected chi connectivity index (χ4v) is 8.72. The van der Waals surface area contributed by atoms with Gasteiger partial charge in [0.15, 0.2) is 0 Å². The number of nitrogens with zero attached hydrogens (tertiary/aromatic N) is 1. The molecule has 0 saturated heterocycles. The first kappa shape index (κ1) is 38.4. The van der Waals surface area contributed by atoms with E-state index in [1.54, 1.807) is 39.8 Å². The lowest BCUT2D eigenvalue weighted by Crippen LogP contribution is -2.16. The molecule has 0 amide bonds. The van der Waals surface area contributed by atoms with E-state index in [4.69, 9.17) is 15.9 Å². The van der Waals surface area contributed by atoms with Crippen LogP contribution >= 0.6 is 0 Å². The second kappa shape index (κ2) is 13.2. The molecule has 1 aliphatic heterocycles. The van der Waals surface area contributed by atoms with E-state index in [2.05, 4.69) is 10.3 Å². The van der Waals surface area contributed by atoms with Crippen molar-refractivity contribution >= 4 is 69.8 Å². The average Bonchev–Trinajstić information content (AvgIpc) is 3.07. The van der Waals surface area contributed by atoms with Crippen molar-refractivity contribution in [3.8, 4) is 22.5 Å². The van der Waals surface area contributed by atoms with Crippen molar-refractivity contribution in [3.05, 3.63) is 99.4 Å². The molecule has 0 fully saturated rings. The van der Waals surface area contributed by atoms with Gasteiger partial charge in [0.1, 0.15) is 26.0 Å². The predicted molar refractivity (Wildman–Crippen MR) is 206 cm³/mol. The van der Waals surface area contributed by atoms with Crippen LogP contribution in [0.25, 0.3) is 33.4 Å². The van der Waals surface area contributed by atoms with Crippen LogP contribution in [0.5, 0.6) is 0 Å². The van der Waals surface area contributed by atoms with Crippen LogP contribution in [0.1, 0.15) is 33.4 Å². The maximum atomic E-state index is 13.0. The molecular weight excluding hydrogens is 757 g/mol. The number of nitrogen functional groups attached to an aromatic ring is 2. The van der Waals surface area contributed by atoms with E-state index in [-0.39, 0.29) is 44.5 Å². The molecule has 0 saturated carbocycles. The Balaban J connectivity index is 1.83. The average molecular weight is 793 g/mol. The first-order valence-corrected chi connectivity index (χ1v) is 20.5. The summed E-state index contributed by atoms with van der Waals surface area (Å²) in [4.78, 5) is 2.63. The molecule has 4 aromatic rings. The SMILES string of the molecule is Cc1cc(C)c(/N=c2/cc3oc4cc(Nc5c(C)cc(C)c(N)c5C)c(S(=O)(=O)O)cc4c(-c4ccccc4S(=O)(=O)O)c-3cc2S(=O)(=O)O)c(C)c1N. The first-order chi connectivity index (χ1) is 25.0. The Morgan fingerprint density at radius 1 is 0.630 bits per heavy atom. The van der Waals surface area contributed by atoms with Gasteiger partial charge in [0.05, 0.1) is 16.7 Å². The van der Waals surface area contributed by atoms with Gasteiger partial charge in [0, 0.05) is 51.3 Å². The summed E-state index contributed by atoms with van der Waals surface area (Å²) < 4.78 is 115. The van der Waals surface area contributed by atoms with E-state index < -0.39 is 45.0 Å². The Hall–Kier alpha value is -5.30. The number of hydrogen-bond acceptors (Lipinski definition) is 11. The summed E-state index contributed by atoms with van der Waals surface area (Å²) in [6.45, 7) is 10.6. The summed E-state index contributed by atoms with van der Waals surface area (Å²) in [6, 6.07) is 13.3. The van der Waals surface area contributed by atoms with Crippen LogP contribution in [0.2, 0.25) is 0 Å². The molecular formula is C37H36N4O10S3. The van der Waals surface area contributed by atoms with Gasteiger partial charge >= 0.3 is 0 Å². The van der Waals surface area contributed by atoms with Crippen molar-refractivity contribution in [2.24, 2.45) is 4.99 Å². The molecule has 0 spiro atoms. The highest BCUT2D eigenvalue weighted by molar-refractivity contribution is 7.86. The number of aryl methyl sites for hydroxylation is 4. The van der Waals surface area contributed by atoms with Crippen LogP contribution in [0.3, 0.4) is 0 Å². The zero-order valence-electron chi connectivity index (χ0n) is 29.8. The minimum atomic E-state index is -5.06. The number of benzene rings is 5. The molecule has 0 aromatic heterocycles. The fourth-order valence-electron chi connectivity index (χ4n) is 6.74. The topological polar surface area (TPSA) is 253 Å². The zero-order chi connectivity index (χ0) is 39.8. The largest absolute Gasteiger partial charge is 0.456 e. The van der Waals surface area contributed by atoms with Gasteiger partial charge in [0.2, 0.25) is 0 Å². The smallest absolute Gasteiger partial charge is 0.296 e. The molecule has 282 valence electrons. The standard InChI is InChI=1S/C37H36N4O10S3/c1-17-11-19(3)36(21(5)34(17)38)40-26-15-28-24(13-31(26)53(45,46)47)33(23-9-7-8-10-30(23)52(42,43)44)25-14-32(54(48,49)50)27(16-29(25)51-28)41-37-20(4)12-18(2)35(39)22(37)6/h7-16,40H,38-39H2,1-6H3,(H,42,43,44)(H,45,46,47)(H,48,49,50)/b41-27-. The molecule has 4 aromatic carbocycles. The molecule has 14 nitrogen and oxygen atoms in total. The van der Waals surface area contributed by atoms with Gasteiger partial charge in [-0.2, -0.15) is 25.3 Å². The van der Waals surface area contributed by atoms with Crippen LogP contribution in [-0.4, -0.2) is 38.9 Å². The Morgan fingerprint density at radius 2 is 1.20 bits per heavy atom. The highest BCUT2D eigenvalue weighted by Gasteiger charge is 2.29. The van der Waals surface area contributed by atoms with Crippen molar-refractivity contribution in [1.82, 2.24) is 0 Å². The van der Waals surface area contributed by atoms with Gasteiger partial charge in [-0.1, -0.05) is 30.3 Å². The number of anilines is 4. The highest BCUT2D eigenvalue weighted by Crippen LogP contribution is 2.45. The number of hydrogen-bond donors (Lipinski definition) is 6. The molecule has 0 unspecified atom stereocenters. The summed E-state index contributed by atoms with van der Waals surface area (Å²) in [7, 11) is -15.0. The summed E-state index contributed by atoms with van der Waals surface area (Å²) in [5.41, 5.74) is 17.6. The summed E-state index contributed by atoms with van der Waals surface area (Å²) in [5, 5.41) is 2.68. The van der Waals surface area contributed by atoms with E-state index >= 15 is 0 Å². The molecule has 1 aliphatic carbocycles. The summed E-state index contributed by atoms with van der Waals surface area (Å²) in [5.74, 6) is -0.0818. The third-order valence-corrected chi connectivity index (χ3v) is 12.1.